The van der Waals surface area contributed by atoms with Crippen LogP contribution in [-0.2, 0) is 0 Å². The summed E-state index contributed by atoms with van der Waals surface area (Å²) in [5.74, 6) is -0.140. The van der Waals surface area contributed by atoms with E-state index in [0.717, 1.165) is 4.47 Å². The Kier molecular flexibility index (Phi) is 3.87. The zero-order chi connectivity index (χ0) is 12.4. The Balaban J connectivity index is 2.48. The number of halogens is 3. The first kappa shape index (κ1) is 12.6. The molecule has 0 radical (unpaired) electrons. The van der Waals surface area contributed by atoms with Crippen molar-refractivity contribution in [3.63, 3.8) is 0 Å². The number of carbonyl (C=O) groups excluding carboxylic acids is 1. The van der Waals surface area contributed by atoms with Gasteiger partial charge in [-0.05, 0) is 24.3 Å². The molecule has 2 aromatic rings. The standard InChI is InChI=1S/C13H7BrCl2O/c14-9-4-1-3-8(7-9)13(17)10-5-2-6-11(15)12(10)16/h1-7H. The molecule has 17 heavy (non-hydrogen) atoms. The van der Waals surface area contributed by atoms with Crippen LogP contribution in [0.3, 0.4) is 0 Å². The SMILES string of the molecule is O=C(c1cccc(Br)c1)c1cccc(Cl)c1Cl. The number of hydrogen-bond donors (Lipinski definition) is 0. The molecule has 0 aliphatic rings. The van der Waals surface area contributed by atoms with Crippen molar-refractivity contribution in [3.05, 3.63) is 68.1 Å². The van der Waals surface area contributed by atoms with Crippen molar-refractivity contribution in [1.29, 1.82) is 0 Å². The van der Waals surface area contributed by atoms with Gasteiger partial charge in [-0.25, -0.2) is 0 Å². The van der Waals surface area contributed by atoms with Crippen LogP contribution in [-0.4, -0.2) is 5.78 Å². The van der Waals surface area contributed by atoms with E-state index in [1.165, 1.54) is 0 Å². The van der Waals surface area contributed by atoms with Gasteiger partial charge in [0, 0.05) is 15.6 Å². The number of carbonyl (C=O) groups is 1. The molecule has 0 aliphatic heterocycles. The first-order valence-corrected chi connectivity index (χ1v) is 6.39. The fourth-order valence-electron chi connectivity index (χ4n) is 1.46. The molecule has 0 atom stereocenters. The maximum absolute atomic E-state index is 12.2. The highest BCUT2D eigenvalue weighted by molar-refractivity contribution is 9.10. The minimum absolute atomic E-state index is 0.140. The highest BCUT2D eigenvalue weighted by Gasteiger charge is 2.14. The van der Waals surface area contributed by atoms with Crippen molar-refractivity contribution in [3.8, 4) is 0 Å². The third-order valence-electron chi connectivity index (χ3n) is 2.28. The van der Waals surface area contributed by atoms with Gasteiger partial charge in [0.2, 0.25) is 0 Å². The van der Waals surface area contributed by atoms with Gasteiger partial charge in [0.15, 0.2) is 5.78 Å². The molecule has 0 aromatic heterocycles. The first-order valence-electron chi connectivity index (χ1n) is 4.84. The van der Waals surface area contributed by atoms with Crippen LogP contribution in [0.2, 0.25) is 10.0 Å². The van der Waals surface area contributed by atoms with Crippen LogP contribution in [0.15, 0.2) is 46.9 Å². The van der Waals surface area contributed by atoms with Crippen molar-refractivity contribution in [2.45, 2.75) is 0 Å². The van der Waals surface area contributed by atoms with Crippen LogP contribution in [0.4, 0.5) is 0 Å². The van der Waals surface area contributed by atoms with Crippen LogP contribution in [0.25, 0.3) is 0 Å². The van der Waals surface area contributed by atoms with Gasteiger partial charge >= 0.3 is 0 Å². The highest BCUT2D eigenvalue weighted by Crippen LogP contribution is 2.27. The number of hydrogen-bond acceptors (Lipinski definition) is 1. The van der Waals surface area contributed by atoms with Crippen LogP contribution < -0.4 is 0 Å². The molecule has 1 nitrogen and oxygen atoms in total. The summed E-state index contributed by atoms with van der Waals surface area (Å²) in [5, 5.41) is 0.673. The number of rotatable bonds is 2. The molecule has 0 fully saturated rings. The fourth-order valence-corrected chi connectivity index (χ4v) is 2.25. The monoisotopic (exact) mass is 328 g/mol. The number of ketones is 1. The topological polar surface area (TPSA) is 17.1 Å². The van der Waals surface area contributed by atoms with Gasteiger partial charge in [0.1, 0.15) is 0 Å². The molecule has 4 heteroatoms. The maximum Gasteiger partial charge on any atom is 0.194 e. The Morgan fingerprint density at radius 3 is 2.47 bits per heavy atom. The molecule has 0 bridgehead atoms. The fraction of sp³-hybridized carbons (Fsp3) is 0. The van der Waals surface area contributed by atoms with E-state index in [-0.39, 0.29) is 5.78 Å². The molecule has 2 aromatic carbocycles. The van der Waals surface area contributed by atoms with E-state index >= 15 is 0 Å². The van der Waals surface area contributed by atoms with Crippen molar-refractivity contribution < 1.29 is 4.79 Å². The second-order valence-electron chi connectivity index (χ2n) is 3.44. The summed E-state index contributed by atoms with van der Waals surface area (Å²) >= 11 is 15.2. The van der Waals surface area contributed by atoms with Gasteiger partial charge in [-0.3, -0.25) is 4.79 Å². The van der Waals surface area contributed by atoms with Crippen molar-refractivity contribution in [1.82, 2.24) is 0 Å². The lowest BCUT2D eigenvalue weighted by molar-refractivity contribution is 0.103. The van der Waals surface area contributed by atoms with Gasteiger partial charge in [0.05, 0.1) is 10.0 Å². The zero-order valence-electron chi connectivity index (χ0n) is 8.58. The van der Waals surface area contributed by atoms with Crippen molar-refractivity contribution >= 4 is 44.9 Å². The molecular formula is C13H7BrCl2O. The van der Waals surface area contributed by atoms with Gasteiger partial charge in [-0.2, -0.15) is 0 Å². The molecular weight excluding hydrogens is 323 g/mol. The molecule has 0 aliphatic carbocycles. The van der Waals surface area contributed by atoms with Crippen LogP contribution in [0.5, 0.6) is 0 Å². The molecule has 86 valence electrons. The zero-order valence-corrected chi connectivity index (χ0v) is 11.7. The van der Waals surface area contributed by atoms with E-state index < -0.39 is 0 Å². The predicted molar refractivity (Wildman–Crippen MR) is 74.0 cm³/mol. The van der Waals surface area contributed by atoms with Crippen molar-refractivity contribution in [2.24, 2.45) is 0 Å². The summed E-state index contributed by atoms with van der Waals surface area (Å²) in [6, 6.07) is 12.2. The van der Waals surface area contributed by atoms with E-state index in [9.17, 15) is 4.79 Å². The lowest BCUT2D eigenvalue weighted by atomic mass is 10.0. The average molecular weight is 330 g/mol. The van der Waals surface area contributed by atoms with Gasteiger partial charge in [-0.15, -0.1) is 0 Å². The molecule has 0 amide bonds. The molecule has 0 heterocycles. The van der Waals surface area contributed by atoms with Gasteiger partial charge in [0.25, 0.3) is 0 Å². The second-order valence-corrected chi connectivity index (χ2v) is 5.14. The number of benzene rings is 2. The largest absolute Gasteiger partial charge is 0.289 e. The quantitative estimate of drug-likeness (QED) is 0.709. The van der Waals surface area contributed by atoms with E-state index in [4.69, 9.17) is 23.2 Å². The lowest BCUT2D eigenvalue weighted by Gasteiger charge is -2.05. The van der Waals surface area contributed by atoms with Crippen LogP contribution in [0, 0.1) is 0 Å². The second kappa shape index (κ2) is 5.21. The molecule has 0 N–H and O–H groups in total. The first-order chi connectivity index (χ1) is 8.09. The minimum Gasteiger partial charge on any atom is -0.289 e. The third-order valence-corrected chi connectivity index (χ3v) is 3.60. The minimum atomic E-state index is -0.140. The Bertz CT molecular complexity index is 581. The van der Waals surface area contributed by atoms with E-state index in [2.05, 4.69) is 15.9 Å². The Hall–Kier alpha value is -0.830. The summed E-state index contributed by atoms with van der Waals surface area (Å²) in [4.78, 5) is 12.2. The molecule has 0 saturated heterocycles. The Morgan fingerprint density at radius 2 is 1.76 bits per heavy atom. The highest BCUT2D eigenvalue weighted by atomic mass is 79.9. The molecule has 2 rings (SSSR count). The van der Waals surface area contributed by atoms with Crippen LogP contribution in [0.1, 0.15) is 15.9 Å². The third kappa shape index (κ3) is 2.71. The molecule has 0 saturated carbocycles. The van der Waals surface area contributed by atoms with Crippen molar-refractivity contribution in [2.75, 3.05) is 0 Å². The van der Waals surface area contributed by atoms with Gasteiger partial charge < -0.3 is 0 Å². The predicted octanol–water partition coefficient (Wildman–Crippen LogP) is 4.99. The summed E-state index contributed by atoms with van der Waals surface area (Å²) in [6.45, 7) is 0. The Labute approximate surface area is 117 Å². The molecule has 0 unspecified atom stereocenters. The maximum atomic E-state index is 12.2. The summed E-state index contributed by atoms with van der Waals surface area (Å²) in [6.07, 6.45) is 0. The smallest absolute Gasteiger partial charge is 0.194 e. The lowest BCUT2D eigenvalue weighted by Crippen LogP contribution is -2.02. The summed E-state index contributed by atoms with van der Waals surface area (Å²) in [7, 11) is 0. The average Bonchev–Trinajstić information content (AvgIpc) is 2.32. The summed E-state index contributed by atoms with van der Waals surface area (Å²) in [5.41, 5.74) is 0.987. The van der Waals surface area contributed by atoms with E-state index in [1.54, 1.807) is 36.4 Å². The van der Waals surface area contributed by atoms with E-state index in [1.807, 2.05) is 6.07 Å². The summed E-state index contributed by atoms with van der Waals surface area (Å²) < 4.78 is 0.849. The van der Waals surface area contributed by atoms with Gasteiger partial charge in [-0.1, -0.05) is 57.3 Å². The normalized spacial score (nSPS) is 10.3. The van der Waals surface area contributed by atoms with E-state index in [0.29, 0.717) is 21.2 Å². The molecule has 0 spiro atoms. The van der Waals surface area contributed by atoms with Crippen LogP contribution >= 0.6 is 39.1 Å². The Morgan fingerprint density at radius 1 is 1.06 bits per heavy atom.